The second-order valence-corrected chi connectivity index (χ2v) is 8.02. The lowest BCUT2D eigenvalue weighted by Gasteiger charge is -2.19. The van der Waals surface area contributed by atoms with Crippen LogP contribution < -0.4 is 10.6 Å². The number of carbonyl (C=O) groups is 1. The van der Waals surface area contributed by atoms with Gasteiger partial charge in [-0.1, -0.05) is 57.8 Å². The van der Waals surface area contributed by atoms with Crippen LogP contribution >= 0.6 is 15.9 Å². The number of halogens is 1. The molecule has 0 radical (unpaired) electrons. The number of aromatic nitrogens is 1. The number of rotatable bonds is 4. The first-order chi connectivity index (χ1) is 13.2. The summed E-state index contributed by atoms with van der Waals surface area (Å²) < 4.78 is 0.873. The van der Waals surface area contributed by atoms with Crippen molar-refractivity contribution in [3.63, 3.8) is 0 Å². The largest absolute Gasteiger partial charge is 0.349 e. The maximum atomic E-state index is 12.5. The Labute approximate surface area is 170 Å². The van der Waals surface area contributed by atoms with Crippen LogP contribution in [0, 0.1) is 11.3 Å². The molecular formula is C21H29BrN4O. The Morgan fingerprint density at radius 2 is 1.67 bits per heavy atom. The van der Waals surface area contributed by atoms with Gasteiger partial charge in [0.1, 0.15) is 17.5 Å². The van der Waals surface area contributed by atoms with Crippen molar-refractivity contribution in [1.82, 2.24) is 10.3 Å². The van der Waals surface area contributed by atoms with Crippen LogP contribution in [0.5, 0.6) is 0 Å². The maximum absolute atomic E-state index is 12.5. The van der Waals surface area contributed by atoms with E-state index >= 15 is 0 Å². The van der Waals surface area contributed by atoms with Crippen LogP contribution in [-0.4, -0.2) is 16.9 Å². The number of amides is 1. The Morgan fingerprint density at radius 3 is 2.19 bits per heavy atom. The summed E-state index contributed by atoms with van der Waals surface area (Å²) in [6, 6.07) is 5.77. The molecule has 1 aromatic heterocycles. The first-order valence-corrected chi connectivity index (χ1v) is 10.8. The molecule has 0 saturated heterocycles. The van der Waals surface area contributed by atoms with Gasteiger partial charge in [0.15, 0.2) is 0 Å². The number of hydrogen-bond donors (Lipinski definition) is 2. The molecule has 1 amide bonds. The number of nitrogens with zero attached hydrogens (tertiary/aromatic N) is 2. The molecule has 5 nitrogen and oxygen atoms in total. The van der Waals surface area contributed by atoms with Gasteiger partial charge in [0.05, 0.1) is 0 Å². The normalized spacial score (nSPS) is 17.9. The number of pyridine rings is 1. The van der Waals surface area contributed by atoms with Crippen molar-refractivity contribution >= 4 is 27.7 Å². The van der Waals surface area contributed by atoms with E-state index in [2.05, 4.69) is 31.5 Å². The highest BCUT2D eigenvalue weighted by molar-refractivity contribution is 9.10. The highest BCUT2D eigenvalue weighted by atomic mass is 79.9. The summed E-state index contributed by atoms with van der Waals surface area (Å²) in [5.41, 5.74) is 0.0748. The third-order valence-electron chi connectivity index (χ3n) is 4.90. The van der Waals surface area contributed by atoms with Gasteiger partial charge in [0.25, 0.3) is 5.91 Å². The summed E-state index contributed by atoms with van der Waals surface area (Å²) in [5, 5.41) is 15.3. The molecule has 1 aliphatic carbocycles. The van der Waals surface area contributed by atoms with Crippen molar-refractivity contribution in [2.75, 3.05) is 5.32 Å². The van der Waals surface area contributed by atoms with Crippen molar-refractivity contribution in [3.05, 3.63) is 34.6 Å². The predicted molar refractivity (Wildman–Crippen MR) is 112 cm³/mol. The van der Waals surface area contributed by atoms with E-state index in [-0.39, 0.29) is 17.5 Å². The van der Waals surface area contributed by atoms with Gasteiger partial charge in [-0.05, 0) is 40.9 Å². The molecule has 1 fully saturated rings. The van der Waals surface area contributed by atoms with Crippen LogP contribution in [0.3, 0.4) is 0 Å². The summed E-state index contributed by atoms with van der Waals surface area (Å²) in [6.07, 6.45) is 16.4. The van der Waals surface area contributed by atoms with Crippen molar-refractivity contribution in [3.8, 4) is 6.07 Å². The Morgan fingerprint density at radius 1 is 1.07 bits per heavy atom. The molecule has 146 valence electrons. The van der Waals surface area contributed by atoms with Gasteiger partial charge in [-0.2, -0.15) is 5.26 Å². The molecule has 6 heteroatoms. The van der Waals surface area contributed by atoms with Gasteiger partial charge in [-0.3, -0.25) is 4.79 Å². The minimum atomic E-state index is -0.306. The molecule has 2 N–H and O–H groups in total. The van der Waals surface area contributed by atoms with E-state index in [1.54, 1.807) is 12.3 Å². The number of nitrogens with one attached hydrogen (secondary N) is 2. The van der Waals surface area contributed by atoms with Crippen LogP contribution in [0.4, 0.5) is 5.82 Å². The number of carbonyl (C=O) groups excluding carboxylic acids is 1. The molecule has 0 spiro atoms. The third-order valence-corrected chi connectivity index (χ3v) is 5.37. The summed E-state index contributed by atoms with van der Waals surface area (Å²) >= 11 is 3.33. The Bertz CT molecular complexity index is 639. The molecule has 2 rings (SSSR count). The first-order valence-electron chi connectivity index (χ1n) is 9.98. The van der Waals surface area contributed by atoms with Crippen LogP contribution in [0.15, 0.2) is 34.6 Å². The standard InChI is InChI=1S/C21H29BrN4O/c22-18-12-13-20(25-16-18)24-15-17(14-23)21(27)26-19-10-8-6-4-2-1-3-5-7-9-11-19/h12-13,15-16,19H,1-11H2,(H,24,25)(H,26,27)/b17-15-. The average Bonchev–Trinajstić information content (AvgIpc) is 2.66. The molecule has 0 bridgehead atoms. The highest BCUT2D eigenvalue weighted by Crippen LogP contribution is 2.17. The average molecular weight is 433 g/mol. The lowest BCUT2D eigenvalue weighted by atomic mass is 9.98. The van der Waals surface area contributed by atoms with Gasteiger partial charge in [0, 0.05) is 22.9 Å². The van der Waals surface area contributed by atoms with Gasteiger partial charge < -0.3 is 10.6 Å². The monoisotopic (exact) mass is 432 g/mol. The van der Waals surface area contributed by atoms with Crippen LogP contribution in [0.2, 0.25) is 0 Å². The van der Waals surface area contributed by atoms with E-state index in [1.807, 2.05) is 12.1 Å². The molecule has 0 unspecified atom stereocenters. The van der Waals surface area contributed by atoms with E-state index < -0.39 is 0 Å². The smallest absolute Gasteiger partial charge is 0.263 e. The maximum Gasteiger partial charge on any atom is 0.263 e. The van der Waals surface area contributed by atoms with E-state index in [9.17, 15) is 10.1 Å². The molecule has 27 heavy (non-hydrogen) atoms. The highest BCUT2D eigenvalue weighted by Gasteiger charge is 2.16. The van der Waals surface area contributed by atoms with Gasteiger partial charge >= 0.3 is 0 Å². The second-order valence-electron chi connectivity index (χ2n) is 7.11. The van der Waals surface area contributed by atoms with Crippen molar-refractivity contribution in [1.29, 1.82) is 5.26 Å². The fraction of sp³-hybridized carbons (Fsp3) is 0.571. The molecule has 1 saturated carbocycles. The van der Waals surface area contributed by atoms with Gasteiger partial charge in [-0.15, -0.1) is 0 Å². The number of anilines is 1. The second kappa shape index (κ2) is 12.5. The molecular weight excluding hydrogens is 404 g/mol. The van der Waals surface area contributed by atoms with Crippen LogP contribution in [-0.2, 0) is 4.79 Å². The Hall–Kier alpha value is -1.87. The van der Waals surface area contributed by atoms with Crippen LogP contribution in [0.1, 0.15) is 70.6 Å². The number of nitriles is 1. The molecule has 0 aliphatic heterocycles. The zero-order valence-electron chi connectivity index (χ0n) is 15.8. The number of hydrogen-bond acceptors (Lipinski definition) is 4. The van der Waals surface area contributed by atoms with Crippen LogP contribution in [0.25, 0.3) is 0 Å². The first kappa shape index (κ1) is 21.4. The van der Waals surface area contributed by atoms with Gasteiger partial charge in [0.2, 0.25) is 0 Å². The molecule has 1 aliphatic rings. The molecule has 0 aromatic carbocycles. The lowest BCUT2D eigenvalue weighted by molar-refractivity contribution is -0.117. The van der Waals surface area contributed by atoms with E-state index in [0.29, 0.717) is 5.82 Å². The van der Waals surface area contributed by atoms with Crippen molar-refractivity contribution in [2.24, 2.45) is 0 Å². The molecule has 1 heterocycles. The topological polar surface area (TPSA) is 77.8 Å². The SMILES string of the molecule is N#C/C(=C/Nc1ccc(Br)cn1)C(=O)NC1CCCCCCCCCCC1. The molecule has 0 atom stereocenters. The quantitative estimate of drug-likeness (QED) is 0.489. The van der Waals surface area contributed by atoms with E-state index in [1.165, 1.54) is 51.1 Å². The zero-order chi connectivity index (χ0) is 19.3. The fourth-order valence-corrected chi connectivity index (χ4v) is 3.56. The van der Waals surface area contributed by atoms with Crippen molar-refractivity contribution < 1.29 is 4.79 Å². The van der Waals surface area contributed by atoms with Crippen molar-refractivity contribution in [2.45, 2.75) is 76.7 Å². The predicted octanol–water partition coefficient (Wildman–Crippen LogP) is 5.45. The lowest BCUT2D eigenvalue weighted by Crippen LogP contribution is -2.35. The Balaban J connectivity index is 1.90. The zero-order valence-corrected chi connectivity index (χ0v) is 17.4. The minimum absolute atomic E-state index is 0.0748. The minimum Gasteiger partial charge on any atom is -0.349 e. The summed E-state index contributed by atoms with van der Waals surface area (Å²) in [4.78, 5) is 16.7. The summed E-state index contributed by atoms with van der Waals surface area (Å²) in [7, 11) is 0. The van der Waals surface area contributed by atoms with E-state index in [0.717, 1.165) is 30.2 Å². The summed E-state index contributed by atoms with van der Waals surface area (Å²) in [5.74, 6) is 0.281. The van der Waals surface area contributed by atoms with Gasteiger partial charge in [-0.25, -0.2) is 4.98 Å². The third kappa shape index (κ3) is 8.57. The van der Waals surface area contributed by atoms with E-state index in [4.69, 9.17) is 0 Å². The Kier molecular flexibility index (Phi) is 9.93. The molecule has 1 aromatic rings. The summed E-state index contributed by atoms with van der Waals surface area (Å²) in [6.45, 7) is 0. The fourth-order valence-electron chi connectivity index (χ4n) is 3.33.